The fraction of sp³-hybridized carbons (Fsp3) is 0.414. The monoisotopic (exact) mass is 622 g/mol. The molecule has 14 heteroatoms. The average molecular weight is 623 g/mol. The number of alkyl halides is 2. The van der Waals surface area contributed by atoms with Crippen LogP contribution >= 0.6 is 11.6 Å². The lowest BCUT2D eigenvalue weighted by Crippen LogP contribution is -2.55. The Morgan fingerprint density at radius 3 is 2.40 bits per heavy atom. The molecule has 2 aromatic rings. The summed E-state index contributed by atoms with van der Waals surface area (Å²) in [6.45, 7) is 2.61. The molecule has 1 aliphatic heterocycles. The Labute approximate surface area is 252 Å². The van der Waals surface area contributed by atoms with E-state index in [2.05, 4.69) is 21.3 Å². The van der Waals surface area contributed by atoms with Gasteiger partial charge in [-0.3, -0.25) is 19.2 Å². The van der Waals surface area contributed by atoms with Crippen molar-refractivity contribution < 1.29 is 42.2 Å². The van der Waals surface area contributed by atoms with Crippen molar-refractivity contribution in [1.82, 2.24) is 21.3 Å². The molecule has 0 aromatic heterocycles. The average Bonchev–Trinajstić information content (AvgIpc) is 3.37. The quantitative estimate of drug-likeness (QED) is 0.251. The second-order valence-electron chi connectivity index (χ2n) is 9.79. The van der Waals surface area contributed by atoms with Gasteiger partial charge in [0.2, 0.25) is 11.8 Å². The fourth-order valence-corrected chi connectivity index (χ4v) is 4.78. The highest BCUT2D eigenvalue weighted by atomic mass is 35.5. The molecule has 232 valence electrons. The lowest BCUT2D eigenvalue weighted by Gasteiger charge is -2.29. The van der Waals surface area contributed by atoms with Crippen LogP contribution in [0.3, 0.4) is 0 Å². The molecule has 4 atom stereocenters. The molecule has 1 heterocycles. The van der Waals surface area contributed by atoms with Crippen molar-refractivity contribution in [2.75, 3.05) is 19.6 Å². The van der Waals surface area contributed by atoms with Crippen LogP contribution in [0.5, 0.6) is 0 Å². The van der Waals surface area contributed by atoms with E-state index in [1.54, 1.807) is 13.0 Å². The number of hydrogen-bond acceptors (Lipinski definition) is 7. The van der Waals surface area contributed by atoms with Gasteiger partial charge in [0.1, 0.15) is 6.54 Å². The summed E-state index contributed by atoms with van der Waals surface area (Å²) >= 11 is 5.91. The number of benzene rings is 2. The number of ether oxygens (including phenoxy) is 2. The normalized spacial score (nSPS) is 16.7. The van der Waals surface area contributed by atoms with Gasteiger partial charge in [0, 0.05) is 36.5 Å². The maximum Gasteiger partial charge on any atom is 0.408 e. The molecule has 4 unspecified atom stereocenters. The summed E-state index contributed by atoms with van der Waals surface area (Å²) in [6.07, 6.45) is -4.48. The Kier molecular flexibility index (Phi) is 11.8. The van der Waals surface area contributed by atoms with Gasteiger partial charge in [-0.15, -0.1) is 0 Å². The van der Waals surface area contributed by atoms with Crippen molar-refractivity contribution >= 4 is 41.4 Å². The molecule has 0 saturated carbocycles. The minimum atomic E-state index is -3.71. The van der Waals surface area contributed by atoms with Crippen LogP contribution in [0.2, 0.25) is 5.02 Å². The summed E-state index contributed by atoms with van der Waals surface area (Å²) in [4.78, 5) is 62.2. The molecule has 0 radical (unpaired) electrons. The molecule has 1 aliphatic rings. The lowest BCUT2D eigenvalue weighted by atomic mass is 9.94. The van der Waals surface area contributed by atoms with Crippen molar-refractivity contribution in [3.63, 3.8) is 0 Å². The minimum absolute atomic E-state index is 0.00635. The highest BCUT2D eigenvalue weighted by molar-refractivity contribution is 6.30. The standard InChI is InChI=1S/C29H33ClF2N4O7/c1-3-33-27(40)24(42-17(2)37)22(14-19-12-13-34-26(19)39)36-23(38)16-35-28(41)43-25(18-8-5-4-6-9-18)29(31,32)20-10-7-11-21(30)15-20/h4-11,15,19,22,24-25H,3,12-14,16H2,1-2H3,(H,33,40)(H,34,39)(H,35,41)(H,36,38). The summed E-state index contributed by atoms with van der Waals surface area (Å²) in [5.74, 6) is -6.90. The molecule has 0 aliphatic carbocycles. The van der Waals surface area contributed by atoms with E-state index in [-0.39, 0.29) is 29.5 Å². The first-order valence-corrected chi connectivity index (χ1v) is 14.0. The van der Waals surface area contributed by atoms with Crippen molar-refractivity contribution in [2.45, 2.75) is 50.9 Å². The molecule has 43 heavy (non-hydrogen) atoms. The number of halogens is 3. The summed E-state index contributed by atoms with van der Waals surface area (Å²) in [5, 5.41) is 9.91. The van der Waals surface area contributed by atoms with E-state index in [0.717, 1.165) is 19.1 Å². The number of carbonyl (C=O) groups excluding carboxylic acids is 5. The molecule has 11 nitrogen and oxygen atoms in total. The Hall–Kier alpha value is -4.26. The van der Waals surface area contributed by atoms with Crippen molar-refractivity contribution in [3.8, 4) is 0 Å². The zero-order chi connectivity index (χ0) is 31.6. The molecular formula is C29H33ClF2N4O7. The summed E-state index contributed by atoms with van der Waals surface area (Å²) in [6, 6.07) is 11.2. The number of amides is 4. The smallest absolute Gasteiger partial charge is 0.408 e. The summed E-state index contributed by atoms with van der Waals surface area (Å²) in [7, 11) is 0. The van der Waals surface area contributed by atoms with E-state index < -0.39 is 66.1 Å². The van der Waals surface area contributed by atoms with Crippen molar-refractivity contribution in [2.24, 2.45) is 5.92 Å². The van der Waals surface area contributed by atoms with Crippen LogP contribution < -0.4 is 21.3 Å². The lowest BCUT2D eigenvalue weighted by molar-refractivity contribution is -0.156. The Morgan fingerprint density at radius 1 is 1.07 bits per heavy atom. The number of nitrogens with one attached hydrogen (secondary N) is 4. The van der Waals surface area contributed by atoms with Gasteiger partial charge in [-0.2, -0.15) is 8.78 Å². The topological polar surface area (TPSA) is 152 Å². The van der Waals surface area contributed by atoms with Gasteiger partial charge in [-0.1, -0.05) is 54.1 Å². The van der Waals surface area contributed by atoms with Gasteiger partial charge in [-0.05, 0) is 37.5 Å². The maximum absolute atomic E-state index is 15.6. The van der Waals surface area contributed by atoms with Crippen LogP contribution in [0, 0.1) is 5.92 Å². The molecule has 4 N–H and O–H groups in total. The van der Waals surface area contributed by atoms with Gasteiger partial charge in [0.05, 0.1) is 6.04 Å². The first-order chi connectivity index (χ1) is 20.4. The first kappa shape index (κ1) is 33.2. The Bertz CT molecular complexity index is 1310. The van der Waals surface area contributed by atoms with Gasteiger partial charge in [0.15, 0.2) is 12.2 Å². The van der Waals surface area contributed by atoms with Crippen LogP contribution in [0.4, 0.5) is 13.6 Å². The summed E-state index contributed by atoms with van der Waals surface area (Å²) < 4.78 is 41.6. The second-order valence-corrected chi connectivity index (χ2v) is 10.2. The van der Waals surface area contributed by atoms with Crippen LogP contribution in [-0.4, -0.2) is 61.6 Å². The highest BCUT2D eigenvalue weighted by Crippen LogP contribution is 2.43. The van der Waals surface area contributed by atoms with E-state index >= 15 is 8.78 Å². The molecule has 1 saturated heterocycles. The van der Waals surface area contributed by atoms with Crippen LogP contribution in [0.25, 0.3) is 0 Å². The maximum atomic E-state index is 15.6. The summed E-state index contributed by atoms with van der Waals surface area (Å²) in [5.41, 5.74) is -0.492. The molecule has 3 rings (SSSR count). The van der Waals surface area contributed by atoms with Crippen molar-refractivity contribution in [3.05, 3.63) is 70.7 Å². The molecule has 2 aromatic carbocycles. The second kappa shape index (κ2) is 15.3. The van der Waals surface area contributed by atoms with Gasteiger partial charge in [0.25, 0.3) is 5.91 Å². The van der Waals surface area contributed by atoms with E-state index in [1.165, 1.54) is 36.4 Å². The molecular weight excluding hydrogens is 590 g/mol. The van der Waals surface area contributed by atoms with E-state index in [0.29, 0.717) is 13.0 Å². The van der Waals surface area contributed by atoms with Gasteiger partial charge >= 0.3 is 18.0 Å². The van der Waals surface area contributed by atoms with Crippen LogP contribution in [0.1, 0.15) is 43.9 Å². The Balaban J connectivity index is 1.74. The zero-order valence-electron chi connectivity index (χ0n) is 23.5. The number of carbonyl (C=O) groups is 5. The number of rotatable bonds is 13. The van der Waals surface area contributed by atoms with Crippen molar-refractivity contribution in [1.29, 1.82) is 0 Å². The van der Waals surface area contributed by atoms with Gasteiger partial charge in [-0.25, -0.2) is 4.79 Å². The third kappa shape index (κ3) is 9.37. The molecule has 0 bridgehead atoms. The first-order valence-electron chi connectivity index (χ1n) is 13.6. The molecule has 0 spiro atoms. The molecule has 1 fully saturated rings. The van der Waals surface area contributed by atoms with E-state index in [4.69, 9.17) is 21.1 Å². The SMILES string of the molecule is CCNC(=O)C(OC(C)=O)C(CC1CCNC1=O)NC(=O)CNC(=O)OC(c1ccccc1)C(F)(F)c1cccc(Cl)c1. The van der Waals surface area contributed by atoms with E-state index in [1.807, 2.05) is 0 Å². The predicted octanol–water partition coefficient (Wildman–Crippen LogP) is 2.98. The van der Waals surface area contributed by atoms with Gasteiger partial charge < -0.3 is 30.7 Å². The van der Waals surface area contributed by atoms with Crippen LogP contribution in [0.15, 0.2) is 54.6 Å². The molecule has 4 amide bonds. The number of esters is 1. The fourth-order valence-electron chi connectivity index (χ4n) is 4.59. The number of hydrogen-bond donors (Lipinski definition) is 4. The Morgan fingerprint density at radius 2 is 1.79 bits per heavy atom. The number of alkyl carbamates (subject to hydrolysis) is 1. The predicted molar refractivity (Wildman–Crippen MR) is 151 cm³/mol. The minimum Gasteiger partial charge on any atom is -0.450 e. The van der Waals surface area contributed by atoms with E-state index in [9.17, 15) is 24.0 Å². The van der Waals surface area contributed by atoms with Crippen LogP contribution in [-0.2, 0) is 34.6 Å². The largest absolute Gasteiger partial charge is 0.450 e. The number of likely N-dealkylation sites (N-methyl/N-ethyl adjacent to an activating group) is 1. The highest BCUT2D eigenvalue weighted by Gasteiger charge is 2.45. The third-order valence-electron chi connectivity index (χ3n) is 6.57. The zero-order valence-corrected chi connectivity index (χ0v) is 24.3. The third-order valence-corrected chi connectivity index (χ3v) is 6.81.